The van der Waals surface area contributed by atoms with Gasteiger partial charge in [0.1, 0.15) is 11.5 Å². The summed E-state index contributed by atoms with van der Waals surface area (Å²) in [5.74, 6) is 0.308. The van der Waals surface area contributed by atoms with Gasteiger partial charge in [-0.3, -0.25) is 9.59 Å². The predicted molar refractivity (Wildman–Crippen MR) is 102 cm³/mol. The molecular weight excluding hydrogens is 346 g/mol. The number of nitrogens with zero attached hydrogens (tertiary/aromatic N) is 1. The van der Waals surface area contributed by atoms with E-state index in [4.69, 9.17) is 14.2 Å². The summed E-state index contributed by atoms with van der Waals surface area (Å²) in [5, 5.41) is 0. The minimum Gasteiger partial charge on any atom is -0.497 e. The monoisotopic (exact) mass is 371 g/mol. The molecule has 0 spiro atoms. The molecule has 0 fully saturated rings. The number of benzene rings is 2. The van der Waals surface area contributed by atoms with Gasteiger partial charge in [-0.2, -0.15) is 0 Å². The Hall–Kier alpha value is -3.02. The first kappa shape index (κ1) is 20.3. The van der Waals surface area contributed by atoms with Crippen LogP contribution in [-0.4, -0.2) is 44.1 Å². The van der Waals surface area contributed by atoms with Gasteiger partial charge in [0.2, 0.25) is 0 Å². The van der Waals surface area contributed by atoms with Gasteiger partial charge in [-0.25, -0.2) is 0 Å². The van der Waals surface area contributed by atoms with E-state index >= 15 is 0 Å². The molecule has 1 amide bonds. The summed E-state index contributed by atoms with van der Waals surface area (Å²) < 4.78 is 15.5. The number of amides is 1. The Kier molecular flexibility index (Phi) is 7.67. The molecule has 1 unspecified atom stereocenters. The molecule has 27 heavy (non-hydrogen) atoms. The van der Waals surface area contributed by atoms with Crippen LogP contribution in [0, 0.1) is 5.92 Å². The van der Waals surface area contributed by atoms with Crippen LogP contribution in [0.5, 0.6) is 11.5 Å². The van der Waals surface area contributed by atoms with Gasteiger partial charge >= 0.3 is 5.97 Å². The number of hydrogen-bond donors (Lipinski definition) is 0. The third-order valence-corrected chi connectivity index (χ3v) is 4.09. The molecule has 2 aromatic carbocycles. The number of carbonyl (C=O) groups is 2. The highest BCUT2D eigenvalue weighted by Crippen LogP contribution is 2.17. The lowest BCUT2D eigenvalue weighted by molar-refractivity contribution is -0.147. The van der Waals surface area contributed by atoms with Crippen molar-refractivity contribution in [3.05, 3.63) is 60.2 Å². The number of carbonyl (C=O) groups excluding carboxylic acids is 2. The Balaban J connectivity index is 2.03. The number of hydrogen-bond acceptors (Lipinski definition) is 5. The maximum Gasteiger partial charge on any atom is 0.310 e. The van der Waals surface area contributed by atoms with Gasteiger partial charge in [0.05, 0.1) is 20.1 Å². The number of methoxy groups -OCH3 is 2. The minimum absolute atomic E-state index is 0.118. The molecule has 6 heteroatoms. The van der Waals surface area contributed by atoms with Crippen molar-refractivity contribution in [2.45, 2.75) is 13.5 Å². The Morgan fingerprint density at radius 3 is 2.19 bits per heavy atom. The summed E-state index contributed by atoms with van der Waals surface area (Å²) in [5.41, 5.74) is 0.979. The molecule has 0 aliphatic carbocycles. The number of rotatable bonds is 9. The zero-order valence-electron chi connectivity index (χ0n) is 15.9. The molecule has 0 aliphatic rings. The molecule has 6 nitrogen and oxygen atoms in total. The van der Waals surface area contributed by atoms with Crippen molar-refractivity contribution in [2.24, 2.45) is 5.92 Å². The molecule has 0 bridgehead atoms. The van der Waals surface area contributed by atoms with Crippen LogP contribution in [0.15, 0.2) is 54.6 Å². The van der Waals surface area contributed by atoms with Crippen LogP contribution in [0.25, 0.3) is 0 Å². The van der Waals surface area contributed by atoms with Gasteiger partial charge in [-0.05, 0) is 29.8 Å². The van der Waals surface area contributed by atoms with Crippen molar-refractivity contribution in [1.82, 2.24) is 4.90 Å². The van der Waals surface area contributed by atoms with Crippen molar-refractivity contribution >= 4 is 11.9 Å². The maximum atomic E-state index is 12.7. The first-order chi connectivity index (χ1) is 13.0. The van der Waals surface area contributed by atoms with Crippen LogP contribution < -0.4 is 9.47 Å². The van der Waals surface area contributed by atoms with E-state index < -0.39 is 5.92 Å². The van der Waals surface area contributed by atoms with Crippen LogP contribution >= 0.6 is 0 Å². The Bertz CT molecular complexity index is 730. The lowest BCUT2D eigenvalue weighted by Gasteiger charge is -2.25. The lowest BCUT2D eigenvalue weighted by Crippen LogP contribution is -2.39. The Morgan fingerprint density at radius 2 is 1.59 bits per heavy atom. The maximum absolute atomic E-state index is 12.7. The van der Waals surface area contributed by atoms with E-state index in [0.29, 0.717) is 18.0 Å². The molecule has 2 rings (SSSR count). The fourth-order valence-electron chi connectivity index (χ4n) is 2.57. The van der Waals surface area contributed by atoms with Crippen molar-refractivity contribution in [2.75, 3.05) is 27.4 Å². The highest BCUT2D eigenvalue weighted by atomic mass is 16.5. The van der Waals surface area contributed by atoms with Gasteiger partial charge in [0.25, 0.3) is 5.91 Å². The van der Waals surface area contributed by atoms with E-state index in [1.807, 2.05) is 30.3 Å². The molecule has 1 atom stereocenters. The van der Waals surface area contributed by atoms with Gasteiger partial charge < -0.3 is 19.1 Å². The minimum atomic E-state index is -0.427. The molecule has 0 saturated heterocycles. The van der Waals surface area contributed by atoms with Crippen LogP contribution in [0.1, 0.15) is 12.5 Å². The van der Waals surface area contributed by atoms with E-state index in [1.165, 1.54) is 7.11 Å². The fraction of sp³-hybridized carbons (Fsp3) is 0.333. The van der Waals surface area contributed by atoms with Crippen LogP contribution in [0.3, 0.4) is 0 Å². The van der Waals surface area contributed by atoms with Gasteiger partial charge in [0.15, 0.2) is 6.61 Å². The lowest BCUT2D eigenvalue weighted by atomic mass is 10.1. The molecule has 144 valence electrons. The second-order valence-corrected chi connectivity index (χ2v) is 6.15. The molecule has 0 radical (unpaired) electrons. The molecule has 0 aromatic heterocycles. The van der Waals surface area contributed by atoms with E-state index in [1.54, 1.807) is 43.2 Å². The average Bonchev–Trinajstić information content (AvgIpc) is 2.71. The highest BCUT2D eigenvalue weighted by Gasteiger charge is 2.22. The van der Waals surface area contributed by atoms with Crippen LogP contribution in [0.2, 0.25) is 0 Å². The number of esters is 1. The van der Waals surface area contributed by atoms with Gasteiger partial charge in [0, 0.05) is 13.1 Å². The fourth-order valence-corrected chi connectivity index (χ4v) is 2.57. The normalized spacial score (nSPS) is 11.4. The van der Waals surface area contributed by atoms with Crippen molar-refractivity contribution in [3.63, 3.8) is 0 Å². The third kappa shape index (κ3) is 6.33. The molecule has 0 heterocycles. The van der Waals surface area contributed by atoms with Gasteiger partial charge in [-0.1, -0.05) is 37.3 Å². The summed E-state index contributed by atoms with van der Waals surface area (Å²) in [6.07, 6.45) is 0. The third-order valence-electron chi connectivity index (χ3n) is 4.09. The smallest absolute Gasteiger partial charge is 0.310 e. The summed E-state index contributed by atoms with van der Waals surface area (Å²) in [6.45, 7) is 2.27. The first-order valence-corrected chi connectivity index (χ1v) is 8.70. The Morgan fingerprint density at radius 1 is 0.963 bits per heavy atom. The largest absolute Gasteiger partial charge is 0.497 e. The Labute approximate surface area is 159 Å². The summed E-state index contributed by atoms with van der Waals surface area (Å²) in [4.78, 5) is 26.1. The van der Waals surface area contributed by atoms with Crippen LogP contribution in [-0.2, 0) is 20.9 Å². The number of ether oxygens (including phenoxy) is 3. The van der Waals surface area contributed by atoms with Crippen molar-refractivity contribution in [1.29, 1.82) is 0 Å². The molecule has 2 aromatic rings. The van der Waals surface area contributed by atoms with E-state index in [2.05, 4.69) is 0 Å². The van der Waals surface area contributed by atoms with Crippen molar-refractivity contribution < 1.29 is 23.8 Å². The first-order valence-electron chi connectivity index (χ1n) is 8.70. The van der Waals surface area contributed by atoms with Crippen molar-refractivity contribution in [3.8, 4) is 11.5 Å². The zero-order chi connectivity index (χ0) is 19.6. The van der Waals surface area contributed by atoms with Crippen LogP contribution in [0.4, 0.5) is 0 Å². The quantitative estimate of drug-likeness (QED) is 0.634. The van der Waals surface area contributed by atoms with E-state index in [9.17, 15) is 9.59 Å². The standard InChI is InChI=1S/C21H25NO5/c1-16(21(24)26-3)13-22(14-17-7-5-4-6-8-17)20(23)15-27-19-11-9-18(25-2)10-12-19/h4-12,16H,13-15H2,1-3H3. The van der Waals surface area contributed by atoms with E-state index in [0.717, 1.165) is 5.56 Å². The second-order valence-electron chi connectivity index (χ2n) is 6.15. The molecular formula is C21H25NO5. The summed E-state index contributed by atoms with van der Waals surface area (Å²) in [7, 11) is 2.93. The molecule has 0 N–H and O–H groups in total. The average molecular weight is 371 g/mol. The van der Waals surface area contributed by atoms with Gasteiger partial charge in [-0.15, -0.1) is 0 Å². The SMILES string of the molecule is COC(=O)C(C)CN(Cc1ccccc1)C(=O)COc1ccc(OC)cc1. The molecule has 0 saturated carbocycles. The molecule has 0 aliphatic heterocycles. The summed E-state index contributed by atoms with van der Waals surface area (Å²) in [6, 6.07) is 16.6. The predicted octanol–water partition coefficient (Wildman–Crippen LogP) is 2.91. The van der Waals surface area contributed by atoms with E-state index in [-0.39, 0.29) is 25.0 Å². The topological polar surface area (TPSA) is 65.1 Å². The summed E-state index contributed by atoms with van der Waals surface area (Å²) >= 11 is 0. The second kappa shape index (κ2) is 10.2. The highest BCUT2D eigenvalue weighted by molar-refractivity contribution is 5.79. The zero-order valence-corrected chi connectivity index (χ0v) is 15.9.